The number of carbonyl (C=O) groups excluding carboxylic acids is 2. The van der Waals surface area contributed by atoms with Gasteiger partial charge in [0.15, 0.2) is 5.17 Å². The molecule has 0 saturated carbocycles. The molecular weight excluding hydrogens is 535 g/mol. The summed E-state index contributed by atoms with van der Waals surface area (Å²) in [6, 6.07) is 14.3. The Labute approximate surface area is 227 Å². The van der Waals surface area contributed by atoms with Crippen molar-refractivity contribution in [1.82, 2.24) is 5.27 Å². The van der Waals surface area contributed by atoms with Crippen LogP contribution in [0.15, 0.2) is 69.9 Å². The van der Waals surface area contributed by atoms with Gasteiger partial charge in [-0.15, -0.1) is 0 Å². The molecule has 2 aromatic carbocycles. The Balaban J connectivity index is 1.31. The fraction of sp³-hybridized carbons (Fsp3) is 0.240. The molecule has 0 bridgehead atoms. The first-order valence-corrected chi connectivity index (χ1v) is 13.4. The zero-order valence-electron chi connectivity index (χ0n) is 19.6. The Kier molecular flexibility index (Phi) is 7.78. The molecule has 1 aromatic heterocycles. The monoisotopic (exact) mass is 557 g/mol. The summed E-state index contributed by atoms with van der Waals surface area (Å²) < 4.78 is 5.28. The van der Waals surface area contributed by atoms with Crippen molar-refractivity contribution in [3.8, 4) is 0 Å². The van der Waals surface area contributed by atoms with Crippen molar-refractivity contribution in [2.75, 3.05) is 34.1 Å². The van der Waals surface area contributed by atoms with Crippen LogP contribution in [-0.4, -0.2) is 41.1 Å². The molecule has 2 aliphatic rings. The van der Waals surface area contributed by atoms with Gasteiger partial charge in [-0.3, -0.25) is 24.3 Å². The number of benzene rings is 2. The summed E-state index contributed by atoms with van der Waals surface area (Å²) in [7, 11) is 0. The highest BCUT2D eigenvalue weighted by molar-refractivity contribution is 8.14. The molecule has 0 spiro atoms. The lowest BCUT2D eigenvalue weighted by Crippen LogP contribution is -2.60. The molecule has 1 fully saturated rings. The van der Waals surface area contributed by atoms with Crippen molar-refractivity contribution in [3.63, 3.8) is 0 Å². The van der Waals surface area contributed by atoms with Crippen LogP contribution in [0.5, 0.6) is 0 Å². The van der Waals surface area contributed by atoms with E-state index in [1.165, 1.54) is 11.3 Å². The van der Waals surface area contributed by atoms with Gasteiger partial charge in [0, 0.05) is 0 Å². The highest BCUT2D eigenvalue weighted by Gasteiger charge is 2.33. The van der Waals surface area contributed by atoms with Crippen LogP contribution in [0.25, 0.3) is 6.08 Å². The summed E-state index contributed by atoms with van der Waals surface area (Å²) in [5, 5.41) is 9.86. The number of nitrogens with one attached hydrogen (secondary N) is 1. The maximum atomic E-state index is 13.3. The first-order chi connectivity index (χ1) is 18.0. The quantitative estimate of drug-likeness (QED) is 0.354. The molecule has 5 rings (SSSR count). The lowest BCUT2D eigenvalue weighted by atomic mass is 10.2. The number of carbonyl (C=O) groups is 2. The minimum atomic E-state index is -0.331. The largest absolute Gasteiger partial charge is 0.305 e. The summed E-state index contributed by atoms with van der Waals surface area (Å²) in [5.74, 6) is -0.393. The van der Waals surface area contributed by atoms with Crippen LogP contribution < -0.4 is 20.0 Å². The van der Waals surface area contributed by atoms with E-state index in [0.29, 0.717) is 26.5 Å². The van der Waals surface area contributed by atoms with Crippen LogP contribution in [0.1, 0.15) is 24.8 Å². The van der Waals surface area contributed by atoms with Gasteiger partial charge in [0.25, 0.3) is 12.1 Å². The maximum Gasteiger partial charge on any atom is 0.305 e. The third-order valence-electron chi connectivity index (χ3n) is 5.79. The molecule has 0 atom stereocenters. The van der Waals surface area contributed by atoms with Gasteiger partial charge >= 0.3 is 5.88 Å². The summed E-state index contributed by atoms with van der Waals surface area (Å²) in [4.78, 5) is 33.6. The molecule has 1 saturated heterocycles. The molecule has 0 aliphatic carbocycles. The normalized spacial score (nSPS) is 16.9. The van der Waals surface area contributed by atoms with E-state index >= 15 is 0 Å². The third-order valence-corrected chi connectivity index (χ3v) is 7.56. The average Bonchev–Trinajstić information content (AvgIpc) is 3.50. The van der Waals surface area contributed by atoms with E-state index in [0.717, 1.165) is 37.7 Å². The number of amides is 2. The predicted molar refractivity (Wildman–Crippen MR) is 145 cm³/mol. The number of nitrogens with zero attached hydrogens (tertiary/aromatic N) is 5. The number of halogens is 2. The van der Waals surface area contributed by atoms with Crippen LogP contribution in [-0.2, 0) is 9.59 Å². The summed E-state index contributed by atoms with van der Waals surface area (Å²) >= 11 is 13.6. The van der Waals surface area contributed by atoms with Crippen LogP contribution >= 0.6 is 35.0 Å². The summed E-state index contributed by atoms with van der Waals surface area (Å²) in [6.45, 7) is 1.78. The number of rotatable bonds is 6. The second-order valence-electron chi connectivity index (χ2n) is 8.38. The Morgan fingerprint density at radius 2 is 1.89 bits per heavy atom. The minimum Gasteiger partial charge on any atom is -0.288 e. The van der Waals surface area contributed by atoms with Crippen LogP contribution in [0.3, 0.4) is 0 Å². The summed E-state index contributed by atoms with van der Waals surface area (Å²) in [5.41, 5.74) is 1.40. The van der Waals surface area contributed by atoms with E-state index < -0.39 is 0 Å². The molecule has 1 N–H and O–H groups in total. The zero-order valence-corrected chi connectivity index (χ0v) is 22.0. The standard InChI is InChI=1S/C25H22Cl2N6O3S/c26-19-11-7-8-17(23(19)27)14-20-24(35)33(18-9-3-1-4-10-18)25(28-20)37-16-21(34)29-22-15-32(30-36-22)31-12-5-2-6-13-31/h1,3-4,7-11,14-15H,2,5-6,12-13,16H2/p+1/b20-14+. The van der Waals surface area contributed by atoms with Gasteiger partial charge in [0.1, 0.15) is 5.70 Å². The predicted octanol–water partition coefficient (Wildman–Crippen LogP) is 4.51. The first-order valence-electron chi connectivity index (χ1n) is 11.7. The van der Waals surface area contributed by atoms with Gasteiger partial charge in [-0.2, -0.15) is 5.01 Å². The van der Waals surface area contributed by atoms with E-state index in [4.69, 9.17) is 27.7 Å². The molecule has 9 nitrogen and oxygen atoms in total. The molecule has 2 aliphatic heterocycles. The molecular formula is C25H23Cl2N6O3S+. The zero-order chi connectivity index (χ0) is 25.8. The fourth-order valence-electron chi connectivity index (χ4n) is 3.99. The number of thioether (sulfide) groups is 1. The first kappa shape index (κ1) is 25.3. The Hall–Kier alpha value is -3.34. The van der Waals surface area contributed by atoms with Gasteiger partial charge in [0.05, 0.1) is 39.4 Å². The molecule has 3 heterocycles. The van der Waals surface area contributed by atoms with Crippen LogP contribution in [0.2, 0.25) is 10.0 Å². The molecule has 12 heteroatoms. The number of amidine groups is 1. The molecule has 0 unspecified atom stereocenters. The van der Waals surface area contributed by atoms with Crippen molar-refractivity contribution in [2.24, 2.45) is 4.99 Å². The number of hydrogen-bond donors (Lipinski definition) is 1. The number of hydrogen-bond acceptors (Lipinski definition) is 7. The van der Waals surface area contributed by atoms with Crippen molar-refractivity contribution in [1.29, 1.82) is 0 Å². The van der Waals surface area contributed by atoms with Crippen molar-refractivity contribution >= 4 is 69.6 Å². The lowest BCUT2D eigenvalue weighted by molar-refractivity contribution is -0.759. The van der Waals surface area contributed by atoms with Gasteiger partial charge in [-0.1, -0.05) is 65.3 Å². The average molecular weight is 558 g/mol. The number of piperidine rings is 1. The van der Waals surface area contributed by atoms with Crippen molar-refractivity contribution in [3.05, 3.63) is 76.0 Å². The van der Waals surface area contributed by atoms with Crippen molar-refractivity contribution < 1.29 is 18.9 Å². The van der Waals surface area contributed by atoms with E-state index in [1.54, 1.807) is 47.4 Å². The van der Waals surface area contributed by atoms with Gasteiger partial charge in [0.2, 0.25) is 11.2 Å². The van der Waals surface area contributed by atoms with Crippen LogP contribution in [0, 0.1) is 0 Å². The molecule has 2 amide bonds. The molecule has 37 heavy (non-hydrogen) atoms. The van der Waals surface area contributed by atoms with Gasteiger partial charge < -0.3 is 0 Å². The van der Waals surface area contributed by atoms with E-state index in [9.17, 15) is 9.59 Å². The Morgan fingerprint density at radius 1 is 1.11 bits per heavy atom. The van der Waals surface area contributed by atoms with Gasteiger partial charge in [-0.05, 0) is 49.1 Å². The smallest absolute Gasteiger partial charge is 0.288 e. The second kappa shape index (κ2) is 11.4. The molecule has 0 radical (unpaired) electrons. The molecule has 190 valence electrons. The number of aromatic nitrogens is 2. The number of aliphatic imine (C=N–C) groups is 1. The fourth-order valence-corrected chi connectivity index (χ4v) is 5.16. The lowest BCUT2D eigenvalue weighted by Gasteiger charge is -2.17. The van der Waals surface area contributed by atoms with Crippen LogP contribution in [0.4, 0.5) is 11.6 Å². The Morgan fingerprint density at radius 3 is 2.68 bits per heavy atom. The van der Waals surface area contributed by atoms with E-state index in [1.807, 2.05) is 18.2 Å². The summed E-state index contributed by atoms with van der Waals surface area (Å²) in [6.07, 6.45) is 6.63. The second-order valence-corrected chi connectivity index (χ2v) is 10.1. The Bertz CT molecular complexity index is 1370. The maximum absolute atomic E-state index is 13.3. The highest BCUT2D eigenvalue weighted by Crippen LogP contribution is 2.32. The topological polar surface area (TPSA) is 94.9 Å². The van der Waals surface area contributed by atoms with Gasteiger partial charge in [-0.25, -0.2) is 4.99 Å². The van der Waals surface area contributed by atoms with Crippen molar-refractivity contribution in [2.45, 2.75) is 19.3 Å². The SMILES string of the molecule is O=C(CSC1=N/C(=C/c2cccc(Cl)c2Cl)C(=O)N1c1ccccc1)Nc1c[n+](N2CCCCC2)no1. The van der Waals surface area contributed by atoms with E-state index in [2.05, 4.69) is 20.6 Å². The third kappa shape index (κ3) is 5.82. The minimum absolute atomic E-state index is 0.00502. The molecule has 3 aromatic rings. The number of anilines is 2. The van der Waals surface area contributed by atoms with E-state index in [-0.39, 0.29) is 29.1 Å². The number of para-hydroxylation sites is 1. The highest BCUT2D eigenvalue weighted by atomic mass is 35.5.